The second-order valence-corrected chi connectivity index (χ2v) is 4.22. The van der Waals surface area contributed by atoms with Crippen molar-refractivity contribution in [3.63, 3.8) is 0 Å². The molecule has 0 amide bonds. The Bertz CT molecular complexity index is 594. The summed E-state index contributed by atoms with van der Waals surface area (Å²) in [5.74, 6) is 0.0530. The molecule has 18 heavy (non-hydrogen) atoms. The molecular weight excluding hydrogens is 228 g/mol. The Morgan fingerprint density at radius 3 is 2.78 bits per heavy atom. The van der Waals surface area contributed by atoms with Crippen molar-refractivity contribution in [1.82, 2.24) is 9.78 Å². The Morgan fingerprint density at radius 2 is 2.11 bits per heavy atom. The van der Waals surface area contributed by atoms with Crippen LogP contribution in [0.25, 0.3) is 0 Å². The topological polar surface area (TPSA) is 48.0 Å². The van der Waals surface area contributed by atoms with E-state index >= 15 is 0 Å². The molecule has 0 unspecified atom stereocenters. The maximum atomic E-state index is 11.6. The zero-order valence-electron chi connectivity index (χ0n) is 10.6. The largest absolute Gasteiger partial charge is 0.437 e. The third-order valence-electron chi connectivity index (χ3n) is 2.74. The molecule has 94 valence electrons. The van der Waals surface area contributed by atoms with Crippen LogP contribution in [0.2, 0.25) is 0 Å². The van der Waals surface area contributed by atoms with Gasteiger partial charge in [-0.05, 0) is 19.4 Å². The first-order chi connectivity index (χ1) is 8.69. The molecule has 0 fully saturated rings. The summed E-state index contributed by atoms with van der Waals surface area (Å²) in [6.45, 7) is 4.37. The van der Waals surface area contributed by atoms with Gasteiger partial charge in [0.2, 0.25) is 5.89 Å². The summed E-state index contributed by atoms with van der Waals surface area (Å²) in [6.07, 6.45) is 2.50. The minimum absolute atomic E-state index is 0.401. The normalized spacial score (nSPS) is 11.8. The Labute approximate surface area is 106 Å². The van der Waals surface area contributed by atoms with Crippen LogP contribution >= 0.6 is 0 Å². The Hall–Kier alpha value is -2.10. The molecule has 1 aromatic carbocycles. The molecule has 0 aliphatic carbocycles. The Morgan fingerprint density at radius 1 is 1.39 bits per heavy atom. The standard InChI is InChI=1S/C14H16N2O2/c1-3-11(2)10-16-14(17)18-13(15-16)9-12-7-5-4-6-8-12/h3-8H,9-10H2,1-2H3/b11-3+. The molecule has 1 heterocycles. The third kappa shape index (κ3) is 2.97. The molecular formula is C14H16N2O2. The quantitative estimate of drug-likeness (QED) is 0.776. The van der Waals surface area contributed by atoms with Crippen molar-refractivity contribution in [2.45, 2.75) is 26.8 Å². The summed E-state index contributed by atoms with van der Waals surface area (Å²) >= 11 is 0. The maximum absolute atomic E-state index is 11.6. The van der Waals surface area contributed by atoms with Crippen LogP contribution < -0.4 is 5.76 Å². The fraction of sp³-hybridized carbons (Fsp3) is 0.286. The van der Waals surface area contributed by atoms with Crippen LogP contribution in [-0.4, -0.2) is 9.78 Å². The van der Waals surface area contributed by atoms with Gasteiger partial charge in [-0.25, -0.2) is 4.79 Å². The first-order valence-electron chi connectivity index (χ1n) is 5.91. The van der Waals surface area contributed by atoms with E-state index in [-0.39, 0.29) is 0 Å². The zero-order chi connectivity index (χ0) is 13.0. The van der Waals surface area contributed by atoms with Gasteiger partial charge < -0.3 is 4.42 Å². The van der Waals surface area contributed by atoms with Crippen molar-refractivity contribution in [3.8, 4) is 0 Å². The van der Waals surface area contributed by atoms with Crippen LogP contribution in [0.4, 0.5) is 0 Å². The smallest absolute Gasteiger partial charge is 0.392 e. The summed E-state index contributed by atoms with van der Waals surface area (Å²) in [6, 6.07) is 9.82. The van der Waals surface area contributed by atoms with Crippen molar-refractivity contribution in [2.24, 2.45) is 0 Å². The Balaban J connectivity index is 2.17. The number of nitrogens with zero attached hydrogens (tertiary/aromatic N) is 2. The van der Waals surface area contributed by atoms with Crippen LogP contribution in [0.15, 0.2) is 51.2 Å². The average molecular weight is 244 g/mol. The minimum Gasteiger partial charge on any atom is -0.392 e. The number of rotatable bonds is 4. The SMILES string of the molecule is C/C=C(\C)Cn1nc(Cc2ccccc2)oc1=O. The molecule has 0 saturated heterocycles. The summed E-state index contributed by atoms with van der Waals surface area (Å²) in [5.41, 5.74) is 2.16. The third-order valence-corrected chi connectivity index (χ3v) is 2.74. The molecule has 0 aliphatic heterocycles. The maximum Gasteiger partial charge on any atom is 0.437 e. The van der Waals surface area contributed by atoms with E-state index in [4.69, 9.17) is 4.42 Å². The fourth-order valence-corrected chi connectivity index (χ4v) is 1.62. The number of hydrogen-bond acceptors (Lipinski definition) is 3. The minimum atomic E-state index is -0.401. The van der Waals surface area contributed by atoms with Gasteiger partial charge >= 0.3 is 5.76 Å². The van der Waals surface area contributed by atoms with Gasteiger partial charge in [0.25, 0.3) is 0 Å². The van der Waals surface area contributed by atoms with Crippen LogP contribution in [0, 0.1) is 0 Å². The molecule has 2 rings (SSSR count). The zero-order valence-corrected chi connectivity index (χ0v) is 10.6. The van der Waals surface area contributed by atoms with E-state index in [1.807, 2.05) is 50.3 Å². The highest BCUT2D eigenvalue weighted by Gasteiger charge is 2.08. The number of aromatic nitrogens is 2. The predicted octanol–water partition coefficient (Wildman–Crippen LogP) is 2.39. The van der Waals surface area contributed by atoms with Gasteiger partial charge in [0.15, 0.2) is 0 Å². The highest BCUT2D eigenvalue weighted by molar-refractivity contribution is 5.17. The summed E-state index contributed by atoms with van der Waals surface area (Å²) in [4.78, 5) is 11.6. The summed E-state index contributed by atoms with van der Waals surface area (Å²) in [5, 5.41) is 4.19. The lowest BCUT2D eigenvalue weighted by Crippen LogP contribution is -2.16. The average Bonchev–Trinajstić information content (AvgIpc) is 2.70. The van der Waals surface area contributed by atoms with Crippen LogP contribution in [0.1, 0.15) is 25.3 Å². The van der Waals surface area contributed by atoms with Crippen molar-refractivity contribution >= 4 is 0 Å². The molecule has 0 bridgehead atoms. The molecule has 1 aromatic heterocycles. The molecule has 2 aromatic rings. The van der Waals surface area contributed by atoms with E-state index in [0.29, 0.717) is 18.9 Å². The van der Waals surface area contributed by atoms with Crippen molar-refractivity contribution in [2.75, 3.05) is 0 Å². The highest BCUT2D eigenvalue weighted by Crippen LogP contribution is 2.05. The van der Waals surface area contributed by atoms with Crippen LogP contribution in [0.3, 0.4) is 0 Å². The van der Waals surface area contributed by atoms with Crippen LogP contribution in [0.5, 0.6) is 0 Å². The molecule has 0 spiro atoms. The number of allylic oxidation sites excluding steroid dienone is 2. The highest BCUT2D eigenvalue weighted by atomic mass is 16.4. The second-order valence-electron chi connectivity index (χ2n) is 4.22. The van der Waals surface area contributed by atoms with Crippen LogP contribution in [-0.2, 0) is 13.0 Å². The molecule has 4 heteroatoms. The molecule has 0 N–H and O–H groups in total. The predicted molar refractivity (Wildman–Crippen MR) is 69.4 cm³/mol. The van der Waals surface area contributed by atoms with Crippen molar-refractivity contribution in [1.29, 1.82) is 0 Å². The lowest BCUT2D eigenvalue weighted by atomic mass is 10.2. The number of benzene rings is 1. The van der Waals surface area contributed by atoms with E-state index in [1.54, 1.807) is 0 Å². The first kappa shape index (κ1) is 12.4. The van der Waals surface area contributed by atoms with Gasteiger partial charge in [0.1, 0.15) is 0 Å². The Kier molecular flexibility index (Phi) is 3.77. The molecule has 0 atom stereocenters. The number of hydrogen-bond donors (Lipinski definition) is 0. The summed E-state index contributed by atoms with van der Waals surface area (Å²) < 4.78 is 6.49. The van der Waals surface area contributed by atoms with Gasteiger partial charge in [-0.1, -0.05) is 42.0 Å². The van der Waals surface area contributed by atoms with E-state index in [9.17, 15) is 4.79 Å². The molecule has 0 radical (unpaired) electrons. The van der Waals surface area contributed by atoms with Gasteiger partial charge in [0.05, 0.1) is 13.0 Å². The first-order valence-corrected chi connectivity index (χ1v) is 5.91. The lowest BCUT2D eigenvalue weighted by molar-refractivity contribution is 0.457. The van der Waals surface area contributed by atoms with Gasteiger partial charge in [-0.2, -0.15) is 4.68 Å². The van der Waals surface area contributed by atoms with Crippen molar-refractivity contribution in [3.05, 3.63) is 64.0 Å². The van der Waals surface area contributed by atoms with E-state index in [1.165, 1.54) is 4.68 Å². The van der Waals surface area contributed by atoms with Gasteiger partial charge in [-0.3, -0.25) is 0 Å². The van der Waals surface area contributed by atoms with E-state index in [2.05, 4.69) is 5.10 Å². The monoisotopic (exact) mass is 244 g/mol. The van der Waals surface area contributed by atoms with E-state index in [0.717, 1.165) is 11.1 Å². The van der Waals surface area contributed by atoms with Gasteiger partial charge in [-0.15, -0.1) is 5.10 Å². The molecule has 0 aliphatic rings. The second kappa shape index (κ2) is 5.49. The summed E-state index contributed by atoms with van der Waals surface area (Å²) in [7, 11) is 0. The molecule has 4 nitrogen and oxygen atoms in total. The van der Waals surface area contributed by atoms with E-state index < -0.39 is 5.76 Å². The molecule has 0 saturated carbocycles. The lowest BCUT2D eigenvalue weighted by Gasteiger charge is -1.97. The van der Waals surface area contributed by atoms with Gasteiger partial charge in [0, 0.05) is 0 Å². The van der Waals surface area contributed by atoms with Crippen molar-refractivity contribution < 1.29 is 4.42 Å². The fourth-order valence-electron chi connectivity index (χ4n) is 1.62.